The molecule has 104 valence electrons. The minimum absolute atomic E-state index is 0.0364. The molecule has 1 heterocycles. The fourth-order valence-corrected chi connectivity index (χ4v) is 2.27. The van der Waals surface area contributed by atoms with Gasteiger partial charge >= 0.3 is 0 Å². The van der Waals surface area contributed by atoms with E-state index in [1.807, 2.05) is 4.90 Å². The number of carbonyl (C=O) groups excluding carboxylic acids is 1. The molecule has 1 amide bonds. The molecule has 1 saturated heterocycles. The van der Waals surface area contributed by atoms with Crippen molar-refractivity contribution in [2.24, 2.45) is 0 Å². The van der Waals surface area contributed by atoms with Gasteiger partial charge in [0.05, 0.1) is 14.2 Å². The van der Waals surface area contributed by atoms with E-state index in [9.17, 15) is 4.79 Å². The summed E-state index contributed by atoms with van der Waals surface area (Å²) in [6.45, 7) is 4.37. The van der Waals surface area contributed by atoms with Gasteiger partial charge in [-0.3, -0.25) is 4.79 Å². The minimum atomic E-state index is 0.0364. The van der Waals surface area contributed by atoms with Crippen LogP contribution >= 0.6 is 0 Å². The maximum atomic E-state index is 12.4. The van der Waals surface area contributed by atoms with Gasteiger partial charge in [0.2, 0.25) is 0 Å². The Bertz CT molecular complexity index is 462. The minimum Gasteiger partial charge on any atom is -0.493 e. The van der Waals surface area contributed by atoms with Crippen LogP contribution in [-0.2, 0) is 0 Å². The highest BCUT2D eigenvalue weighted by atomic mass is 16.5. The van der Waals surface area contributed by atoms with Crippen molar-refractivity contribution in [2.75, 3.05) is 33.9 Å². The number of carbonyl (C=O) groups is 1. The van der Waals surface area contributed by atoms with E-state index in [1.165, 1.54) is 0 Å². The number of piperazine rings is 1. The average Bonchev–Trinajstić information content (AvgIpc) is 2.45. The van der Waals surface area contributed by atoms with Gasteiger partial charge in [-0.05, 0) is 25.1 Å². The smallest absolute Gasteiger partial charge is 0.254 e. The highest BCUT2D eigenvalue weighted by Crippen LogP contribution is 2.28. The van der Waals surface area contributed by atoms with Gasteiger partial charge in [-0.2, -0.15) is 0 Å². The van der Waals surface area contributed by atoms with Crippen molar-refractivity contribution in [1.29, 1.82) is 0 Å². The first-order valence-corrected chi connectivity index (χ1v) is 6.40. The Balaban J connectivity index is 2.19. The molecule has 1 fully saturated rings. The van der Waals surface area contributed by atoms with Crippen LogP contribution in [0.1, 0.15) is 17.3 Å². The number of ether oxygens (including phenoxy) is 2. The Labute approximate surface area is 113 Å². The third kappa shape index (κ3) is 2.98. The standard InChI is InChI=1S/C14H20N2O3/c1-10-9-16(7-6-15-10)14(17)11-4-5-12(18-2)13(8-11)19-3/h4-5,8,10,15H,6-7,9H2,1-3H3. The summed E-state index contributed by atoms with van der Waals surface area (Å²) in [6, 6.07) is 5.60. The first kappa shape index (κ1) is 13.7. The van der Waals surface area contributed by atoms with E-state index in [1.54, 1.807) is 32.4 Å². The van der Waals surface area contributed by atoms with Gasteiger partial charge in [0, 0.05) is 31.2 Å². The second-order valence-corrected chi connectivity index (χ2v) is 4.68. The van der Waals surface area contributed by atoms with Gasteiger partial charge in [0.1, 0.15) is 0 Å². The lowest BCUT2D eigenvalue weighted by Gasteiger charge is -2.32. The normalized spacial score (nSPS) is 19.1. The second kappa shape index (κ2) is 5.93. The van der Waals surface area contributed by atoms with Crippen LogP contribution in [0.25, 0.3) is 0 Å². The maximum absolute atomic E-state index is 12.4. The van der Waals surface area contributed by atoms with Crippen molar-refractivity contribution in [2.45, 2.75) is 13.0 Å². The highest BCUT2D eigenvalue weighted by molar-refractivity contribution is 5.95. The molecule has 2 rings (SSSR count). The van der Waals surface area contributed by atoms with Gasteiger partial charge in [0.25, 0.3) is 5.91 Å². The van der Waals surface area contributed by atoms with Crippen LogP contribution in [-0.4, -0.2) is 50.7 Å². The molecule has 19 heavy (non-hydrogen) atoms. The number of nitrogens with one attached hydrogen (secondary N) is 1. The van der Waals surface area contributed by atoms with E-state index in [0.29, 0.717) is 23.1 Å². The van der Waals surface area contributed by atoms with Crippen LogP contribution in [0.5, 0.6) is 11.5 Å². The van der Waals surface area contributed by atoms with Crippen LogP contribution in [0.4, 0.5) is 0 Å². The van der Waals surface area contributed by atoms with Crippen molar-refractivity contribution in [3.63, 3.8) is 0 Å². The Hall–Kier alpha value is -1.75. The Kier molecular flexibility index (Phi) is 4.27. The Morgan fingerprint density at radius 1 is 1.32 bits per heavy atom. The van der Waals surface area contributed by atoms with Crippen LogP contribution in [0.2, 0.25) is 0 Å². The number of nitrogens with zero attached hydrogens (tertiary/aromatic N) is 1. The molecule has 0 bridgehead atoms. The zero-order chi connectivity index (χ0) is 13.8. The molecule has 0 aliphatic carbocycles. The summed E-state index contributed by atoms with van der Waals surface area (Å²) in [7, 11) is 3.15. The SMILES string of the molecule is COc1ccc(C(=O)N2CCNC(C)C2)cc1OC. The average molecular weight is 264 g/mol. The van der Waals surface area contributed by atoms with E-state index in [-0.39, 0.29) is 5.91 Å². The molecular weight excluding hydrogens is 244 g/mol. The zero-order valence-electron chi connectivity index (χ0n) is 11.6. The summed E-state index contributed by atoms with van der Waals surface area (Å²) in [5.74, 6) is 1.25. The fourth-order valence-electron chi connectivity index (χ4n) is 2.27. The molecule has 5 nitrogen and oxygen atoms in total. The number of hydrogen-bond acceptors (Lipinski definition) is 4. The molecule has 0 spiro atoms. The van der Waals surface area contributed by atoms with Crippen LogP contribution in [0.3, 0.4) is 0 Å². The molecule has 1 aliphatic rings. The summed E-state index contributed by atoms with van der Waals surface area (Å²) >= 11 is 0. The summed E-state index contributed by atoms with van der Waals surface area (Å²) in [4.78, 5) is 14.3. The van der Waals surface area contributed by atoms with E-state index in [4.69, 9.17) is 9.47 Å². The zero-order valence-corrected chi connectivity index (χ0v) is 11.6. The van der Waals surface area contributed by atoms with Crippen LogP contribution < -0.4 is 14.8 Å². The number of benzene rings is 1. The summed E-state index contributed by atoms with van der Waals surface area (Å²) in [6.07, 6.45) is 0. The Morgan fingerprint density at radius 2 is 2.05 bits per heavy atom. The number of methoxy groups -OCH3 is 2. The number of rotatable bonds is 3. The van der Waals surface area contributed by atoms with Gasteiger partial charge in [-0.1, -0.05) is 0 Å². The molecule has 1 aromatic carbocycles. The largest absolute Gasteiger partial charge is 0.493 e. The molecule has 5 heteroatoms. The van der Waals surface area contributed by atoms with Gasteiger partial charge in [-0.25, -0.2) is 0 Å². The molecule has 0 radical (unpaired) electrons. The second-order valence-electron chi connectivity index (χ2n) is 4.68. The summed E-state index contributed by atoms with van der Waals surface area (Å²) in [5, 5.41) is 3.32. The van der Waals surface area contributed by atoms with Gasteiger partial charge in [-0.15, -0.1) is 0 Å². The van der Waals surface area contributed by atoms with Crippen molar-refractivity contribution in [1.82, 2.24) is 10.2 Å². The van der Waals surface area contributed by atoms with Crippen molar-refractivity contribution < 1.29 is 14.3 Å². The lowest BCUT2D eigenvalue weighted by atomic mass is 10.1. The van der Waals surface area contributed by atoms with Crippen molar-refractivity contribution >= 4 is 5.91 Å². The highest BCUT2D eigenvalue weighted by Gasteiger charge is 2.22. The molecule has 1 unspecified atom stereocenters. The predicted molar refractivity (Wildman–Crippen MR) is 72.9 cm³/mol. The lowest BCUT2D eigenvalue weighted by molar-refractivity contribution is 0.0708. The monoisotopic (exact) mass is 264 g/mol. The topological polar surface area (TPSA) is 50.8 Å². The van der Waals surface area contributed by atoms with Crippen LogP contribution in [0, 0.1) is 0 Å². The quantitative estimate of drug-likeness (QED) is 0.889. The molecule has 1 aliphatic heterocycles. The summed E-state index contributed by atoms with van der Waals surface area (Å²) < 4.78 is 10.4. The van der Waals surface area contributed by atoms with E-state index < -0.39 is 0 Å². The third-order valence-corrected chi connectivity index (χ3v) is 3.29. The van der Waals surface area contributed by atoms with Crippen molar-refractivity contribution in [3.05, 3.63) is 23.8 Å². The molecule has 0 aromatic heterocycles. The fraction of sp³-hybridized carbons (Fsp3) is 0.500. The third-order valence-electron chi connectivity index (χ3n) is 3.29. The van der Waals surface area contributed by atoms with E-state index >= 15 is 0 Å². The first-order valence-electron chi connectivity index (χ1n) is 6.40. The van der Waals surface area contributed by atoms with Crippen LogP contribution in [0.15, 0.2) is 18.2 Å². The Morgan fingerprint density at radius 3 is 2.68 bits per heavy atom. The van der Waals surface area contributed by atoms with Gasteiger partial charge < -0.3 is 19.7 Å². The van der Waals surface area contributed by atoms with E-state index in [2.05, 4.69) is 12.2 Å². The molecular formula is C14H20N2O3. The maximum Gasteiger partial charge on any atom is 0.254 e. The van der Waals surface area contributed by atoms with E-state index in [0.717, 1.165) is 19.6 Å². The molecule has 1 aromatic rings. The number of hydrogen-bond donors (Lipinski definition) is 1. The first-order chi connectivity index (χ1) is 9.15. The molecule has 1 atom stereocenters. The van der Waals surface area contributed by atoms with Gasteiger partial charge in [0.15, 0.2) is 11.5 Å². The molecule has 1 N–H and O–H groups in total. The lowest BCUT2D eigenvalue weighted by Crippen LogP contribution is -2.51. The molecule has 0 saturated carbocycles. The summed E-state index contributed by atoms with van der Waals surface area (Å²) in [5.41, 5.74) is 0.631. The van der Waals surface area contributed by atoms with Crippen molar-refractivity contribution in [3.8, 4) is 11.5 Å². The predicted octanol–water partition coefficient (Wildman–Crippen LogP) is 1.14. The number of amides is 1.